The van der Waals surface area contributed by atoms with Crippen LogP contribution in [0.4, 0.5) is 0 Å². The molecule has 102 valence electrons. The van der Waals surface area contributed by atoms with Gasteiger partial charge >= 0.3 is 5.97 Å². The lowest BCUT2D eigenvalue weighted by Crippen LogP contribution is -2.01. The molecule has 2 N–H and O–H groups in total. The standard InChI is InChI=1S/C16H15NO3/c1-9(2)17-12-4-3-5-14(18)15(12)11-7-6-10(16(19)20)8-13(11)17/h3-9,18H,1-2H3,(H,19,20). The highest BCUT2D eigenvalue weighted by molar-refractivity contribution is 6.12. The van der Waals surface area contributed by atoms with E-state index in [4.69, 9.17) is 5.11 Å². The second kappa shape index (κ2) is 4.27. The lowest BCUT2D eigenvalue weighted by molar-refractivity contribution is 0.0697. The van der Waals surface area contributed by atoms with E-state index in [0.29, 0.717) is 0 Å². The average Bonchev–Trinajstić information content (AvgIpc) is 2.72. The Bertz CT molecular complexity index is 830. The van der Waals surface area contributed by atoms with Crippen molar-refractivity contribution in [2.24, 2.45) is 0 Å². The average molecular weight is 269 g/mol. The van der Waals surface area contributed by atoms with Gasteiger partial charge in [-0.05, 0) is 38.1 Å². The van der Waals surface area contributed by atoms with Crippen LogP contribution in [0.15, 0.2) is 36.4 Å². The smallest absolute Gasteiger partial charge is 0.335 e. The summed E-state index contributed by atoms with van der Waals surface area (Å²) in [5.74, 6) is -0.730. The van der Waals surface area contributed by atoms with Gasteiger partial charge < -0.3 is 14.8 Å². The highest BCUT2D eigenvalue weighted by atomic mass is 16.4. The number of carbonyl (C=O) groups is 1. The van der Waals surface area contributed by atoms with E-state index in [2.05, 4.69) is 4.57 Å². The second-order valence-electron chi connectivity index (χ2n) is 5.17. The molecule has 1 heterocycles. The number of phenolic OH excluding ortho intramolecular Hbond substituents is 1. The molecule has 0 unspecified atom stereocenters. The van der Waals surface area contributed by atoms with Crippen LogP contribution in [0.25, 0.3) is 21.8 Å². The molecule has 3 rings (SSSR count). The van der Waals surface area contributed by atoms with Gasteiger partial charge in [-0.1, -0.05) is 12.1 Å². The van der Waals surface area contributed by atoms with Crippen molar-refractivity contribution in [2.75, 3.05) is 0 Å². The number of aromatic carboxylic acids is 1. The fraction of sp³-hybridized carbons (Fsp3) is 0.188. The maximum atomic E-state index is 11.1. The van der Waals surface area contributed by atoms with Gasteiger partial charge in [-0.2, -0.15) is 0 Å². The van der Waals surface area contributed by atoms with Crippen molar-refractivity contribution in [1.29, 1.82) is 0 Å². The normalized spacial score (nSPS) is 11.6. The fourth-order valence-electron chi connectivity index (χ4n) is 2.77. The van der Waals surface area contributed by atoms with Crippen LogP contribution in [0.3, 0.4) is 0 Å². The van der Waals surface area contributed by atoms with Crippen molar-refractivity contribution in [3.63, 3.8) is 0 Å². The van der Waals surface area contributed by atoms with Crippen molar-refractivity contribution in [1.82, 2.24) is 4.57 Å². The number of hydrogen-bond donors (Lipinski definition) is 2. The minimum absolute atomic E-state index is 0.167. The minimum Gasteiger partial charge on any atom is -0.507 e. The van der Waals surface area contributed by atoms with Crippen LogP contribution in [0.5, 0.6) is 5.75 Å². The summed E-state index contributed by atoms with van der Waals surface area (Å²) < 4.78 is 2.05. The molecule has 0 saturated carbocycles. The first-order valence-electron chi connectivity index (χ1n) is 6.49. The van der Waals surface area contributed by atoms with Crippen molar-refractivity contribution >= 4 is 27.8 Å². The SMILES string of the molecule is CC(C)n1c2cc(C(=O)O)ccc2c2c(O)cccc21. The van der Waals surface area contributed by atoms with Crippen molar-refractivity contribution in [3.8, 4) is 5.75 Å². The molecule has 0 aliphatic carbocycles. The molecule has 0 saturated heterocycles. The molecular weight excluding hydrogens is 254 g/mol. The number of hydrogen-bond acceptors (Lipinski definition) is 2. The van der Waals surface area contributed by atoms with Crippen LogP contribution >= 0.6 is 0 Å². The molecule has 0 bridgehead atoms. The van der Waals surface area contributed by atoms with E-state index in [0.717, 1.165) is 21.8 Å². The third-order valence-corrected chi connectivity index (χ3v) is 3.57. The summed E-state index contributed by atoms with van der Waals surface area (Å²) in [7, 11) is 0. The highest BCUT2D eigenvalue weighted by Gasteiger charge is 2.16. The fourth-order valence-corrected chi connectivity index (χ4v) is 2.77. The number of aromatic nitrogens is 1. The van der Waals surface area contributed by atoms with Gasteiger partial charge in [-0.25, -0.2) is 4.79 Å². The number of fused-ring (bicyclic) bond motifs is 3. The molecule has 0 atom stereocenters. The monoisotopic (exact) mass is 269 g/mol. The van der Waals surface area contributed by atoms with Gasteiger partial charge in [0.05, 0.1) is 16.6 Å². The third-order valence-electron chi connectivity index (χ3n) is 3.57. The molecule has 4 heteroatoms. The molecule has 0 fully saturated rings. The van der Waals surface area contributed by atoms with Gasteiger partial charge in [0.25, 0.3) is 0 Å². The van der Waals surface area contributed by atoms with E-state index in [-0.39, 0.29) is 17.4 Å². The van der Waals surface area contributed by atoms with E-state index in [1.165, 1.54) is 0 Å². The van der Waals surface area contributed by atoms with Crippen LogP contribution in [0, 0.1) is 0 Å². The summed E-state index contributed by atoms with van der Waals surface area (Å²) in [6.45, 7) is 4.08. The van der Waals surface area contributed by atoms with E-state index >= 15 is 0 Å². The van der Waals surface area contributed by atoms with Crippen LogP contribution in [-0.2, 0) is 0 Å². The van der Waals surface area contributed by atoms with Crippen LogP contribution < -0.4 is 0 Å². The Labute approximate surface area is 115 Å². The van der Waals surface area contributed by atoms with Gasteiger partial charge in [-0.15, -0.1) is 0 Å². The molecule has 4 nitrogen and oxygen atoms in total. The predicted molar refractivity (Wildman–Crippen MR) is 78.5 cm³/mol. The summed E-state index contributed by atoms with van der Waals surface area (Å²) in [5.41, 5.74) is 2.00. The van der Waals surface area contributed by atoms with Gasteiger partial charge in [-0.3, -0.25) is 0 Å². The van der Waals surface area contributed by atoms with E-state index in [1.54, 1.807) is 30.3 Å². The number of carboxylic acid groups (broad SMARTS) is 1. The molecular formula is C16H15NO3. The largest absolute Gasteiger partial charge is 0.507 e. The lowest BCUT2D eigenvalue weighted by Gasteiger charge is -2.11. The first-order chi connectivity index (χ1) is 9.50. The van der Waals surface area contributed by atoms with Crippen molar-refractivity contribution in [3.05, 3.63) is 42.0 Å². The van der Waals surface area contributed by atoms with E-state index < -0.39 is 5.97 Å². The molecule has 0 spiro atoms. The Balaban J connectivity index is 2.53. The Kier molecular flexibility index (Phi) is 2.67. The number of benzene rings is 2. The number of carboxylic acids is 1. The van der Waals surface area contributed by atoms with Gasteiger partial charge in [0.1, 0.15) is 5.75 Å². The zero-order chi connectivity index (χ0) is 14.4. The van der Waals surface area contributed by atoms with Gasteiger partial charge in [0, 0.05) is 16.8 Å². The Morgan fingerprint density at radius 1 is 1.15 bits per heavy atom. The lowest BCUT2D eigenvalue weighted by atomic mass is 10.1. The Morgan fingerprint density at radius 3 is 2.55 bits per heavy atom. The molecule has 3 aromatic rings. The predicted octanol–water partition coefficient (Wildman–Crippen LogP) is 3.78. The molecule has 20 heavy (non-hydrogen) atoms. The molecule has 0 aliphatic heterocycles. The number of rotatable bonds is 2. The van der Waals surface area contributed by atoms with E-state index in [1.807, 2.05) is 19.9 Å². The molecule has 2 aromatic carbocycles. The summed E-state index contributed by atoms with van der Waals surface area (Å²) in [5, 5.41) is 20.9. The third kappa shape index (κ3) is 1.65. The number of nitrogens with zero attached hydrogens (tertiary/aromatic N) is 1. The first-order valence-corrected chi connectivity index (χ1v) is 6.49. The molecule has 0 radical (unpaired) electrons. The zero-order valence-electron chi connectivity index (χ0n) is 11.3. The maximum Gasteiger partial charge on any atom is 0.335 e. The van der Waals surface area contributed by atoms with Crippen LogP contribution in [0.2, 0.25) is 0 Å². The van der Waals surface area contributed by atoms with Gasteiger partial charge in [0.2, 0.25) is 0 Å². The summed E-state index contributed by atoms with van der Waals surface area (Å²) >= 11 is 0. The molecule has 1 aromatic heterocycles. The number of aromatic hydroxyl groups is 1. The Hall–Kier alpha value is -2.49. The molecule has 0 amide bonds. The maximum absolute atomic E-state index is 11.1. The summed E-state index contributed by atoms with van der Waals surface area (Å²) in [4.78, 5) is 11.1. The van der Waals surface area contributed by atoms with Crippen molar-refractivity contribution < 1.29 is 15.0 Å². The van der Waals surface area contributed by atoms with Crippen LogP contribution in [-0.4, -0.2) is 20.7 Å². The number of phenols is 1. The van der Waals surface area contributed by atoms with Crippen LogP contribution in [0.1, 0.15) is 30.2 Å². The van der Waals surface area contributed by atoms with Gasteiger partial charge in [0.15, 0.2) is 0 Å². The summed E-state index contributed by atoms with van der Waals surface area (Å²) in [6.07, 6.45) is 0. The van der Waals surface area contributed by atoms with Crippen molar-refractivity contribution in [2.45, 2.75) is 19.9 Å². The molecule has 0 aliphatic rings. The minimum atomic E-state index is -0.948. The second-order valence-corrected chi connectivity index (χ2v) is 5.17. The first kappa shape index (κ1) is 12.5. The summed E-state index contributed by atoms with van der Waals surface area (Å²) in [6, 6.07) is 10.6. The quantitative estimate of drug-likeness (QED) is 0.744. The Morgan fingerprint density at radius 2 is 1.90 bits per heavy atom. The van der Waals surface area contributed by atoms with E-state index in [9.17, 15) is 9.90 Å². The topological polar surface area (TPSA) is 62.5 Å². The highest BCUT2D eigenvalue weighted by Crippen LogP contribution is 2.37. The zero-order valence-corrected chi connectivity index (χ0v) is 11.3.